The highest BCUT2D eigenvalue weighted by Crippen LogP contribution is 2.12. The van der Waals surface area contributed by atoms with Gasteiger partial charge in [-0.25, -0.2) is 0 Å². The van der Waals surface area contributed by atoms with Crippen LogP contribution in [0.5, 0.6) is 0 Å². The van der Waals surface area contributed by atoms with E-state index in [1.165, 1.54) is 0 Å². The molecule has 0 saturated carbocycles. The minimum Gasteiger partial charge on any atom is -0.0830 e. The number of rotatable bonds is 0. The fraction of sp³-hybridized carbons (Fsp3) is 0. The van der Waals surface area contributed by atoms with E-state index in [1.54, 1.807) is 0 Å². The molecular weight excluding hydrogens is 258 g/mol. The van der Waals surface area contributed by atoms with Crippen molar-refractivity contribution in [2.75, 3.05) is 0 Å². The molecule has 0 nitrogen and oxygen atoms in total. The van der Waals surface area contributed by atoms with Gasteiger partial charge in [0.05, 0.1) is 5.02 Å². The van der Waals surface area contributed by atoms with Crippen LogP contribution < -0.4 is 0 Å². The second-order valence-corrected chi connectivity index (χ2v) is 2.65. The highest BCUT2D eigenvalue weighted by molar-refractivity contribution is 14.1. The molecule has 0 heterocycles. The lowest BCUT2D eigenvalue weighted by Gasteiger charge is -1.90. The summed E-state index contributed by atoms with van der Waals surface area (Å²) in [6, 6.07) is 7.54. The first-order chi connectivity index (χ1) is 4.84. The summed E-state index contributed by atoms with van der Waals surface area (Å²) in [6.45, 7) is 0. The summed E-state index contributed by atoms with van der Waals surface area (Å²) in [5.41, 5.74) is 0.888. The van der Waals surface area contributed by atoms with Crippen LogP contribution in [0.3, 0.4) is 0 Å². The SMILES string of the molecule is Clc1ccccc1C#CI. The van der Waals surface area contributed by atoms with Gasteiger partial charge in [-0.15, -0.1) is 0 Å². The van der Waals surface area contributed by atoms with Gasteiger partial charge >= 0.3 is 0 Å². The topological polar surface area (TPSA) is 0 Å². The Morgan fingerprint density at radius 2 is 2.00 bits per heavy atom. The van der Waals surface area contributed by atoms with Gasteiger partial charge in [0, 0.05) is 28.2 Å². The number of hydrogen-bond donors (Lipinski definition) is 0. The summed E-state index contributed by atoms with van der Waals surface area (Å²) in [5, 5.41) is 0.715. The van der Waals surface area contributed by atoms with Crippen molar-refractivity contribution >= 4 is 34.2 Å². The van der Waals surface area contributed by atoms with Gasteiger partial charge in [-0.1, -0.05) is 29.7 Å². The predicted octanol–water partition coefficient (Wildman–Crippen LogP) is 3.08. The van der Waals surface area contributed by atoms with E-state index in [9.17, 15) is 0 Å². The lowest BCUT2D eigenvalue weighted by Crippen LogP contribution is -1.72. The molecule has 0 amide bonds. The highest BCUT2D eigenvalue weighted by Gasteiger charge is 1.91. The smallest absolute Gasteiger partial charge is 0.0562 e. The van der Waals surface area contributed by atoms with Crippen LogP contribution in [-0.4, -0.2) is 0 Å². The molecule has 0 aliphatic carbocycles. The Hall–Kier alpha value is -0.200. The van der Waals surface area contributed by atoms with Crippen molar-refractivity contribution in [1.82, 2.24) is 0 Å². The van der Waals surface area contributed by atoms with Crippen LogP contribution in [0, 0.1) is 9.85 Å². The Morgan fingerprint density at radius 3 is 2.60 bits per heavy atom. The Kier molecular flexibility index (Phi) is 3.04. The van der Waals surface area contributed by atoms with Crippen molar-refractivity contribution in [2.45, 2.75) is 0 Å². The fourth-order valence-electron chi connectivity index (χ4n) is 0.613. The molecule has 0 aromatic heterocycles. The zero-order valence-electron chi connectivity index (χ0n) is 5.07. The summed E-state index contributed by atoms with van der Waals surface area (Å²) in [6.07, 6.45) is 0. The normalized spacial score (nSPS) is 8.20. The van der Waals surface area contributed by atoms with Gasteiger partial charge in [0.25, 0.3) is 0 Å². The van der Waals surface area contributed by atoms with Gasteiger partial charge in [0.2, 0.25) is 0 Å². The van der Waals surface area contributed by atoms with E-state index in [2.05, 4.69) is 9.85 Å². The quantitative estimate of drug-likeness (QED) is 0.498. The largest absolute Gasteiger partial charge is 0.0830 e. The van der Waals surface area contributed by atoms with E-state index in [-0.39, 0.29) is 0 Å². The van der Waals surface area contributed by atoms with Crippen LogP contribution in [0.15, 0.2) is 24.3 Å². The Labute approximate surface area is 78.7 Å². The van der Waals surface area contributed by atoms with Crippen molar-refractivity contribution in [3.8, 4) is 9.85 Å². The molecule has 0 saturated heterocycles. The Morgan fingerprint density at radius 1 is 1.30 bits per heavy atom. The molecule has 10 heavy (non-hydrogen) atoms. The molecule has 1 aromatic carbocycles. The molecule has 0 fully saturated rings. The van der Waals surface area contributed by atoms with Crippen LogP contribution in [0.25, 0.3) is 0 Å². The van der Waals surface area contributed by atoms with Crippen LogP contribution in [0.2, 0.25) is 5.02 Å². The van der Waals surface area contributed by atoms with Gasteiger partial charge in [0.15, 0.2) is 0 Å². The van der Waals surface area contributed by atoms with E-state index in [4.69, 9.17) is 11.6 Å². The van der Waals surface area contributed by atoms with Gasteiger partial charge < -0.3 is 0 Å². The van der Waals surface area contributed by atoms with Crippen LogP contribution >= 0.6 is 34.2 Å². The average molecular weight is 262 g/mol. The average Bonchev–Trinajstić information content (AvgIpc) is 1.94. The number of benzene rings is 1. The maximum atomic E-state index is 5.80. The Bertz CT molecular complexity index is 283. The summed E-state index contributed by atoms with van der Waals surface area (Å²) >= 11 is 7.79. The molecule has 0 aliphatic rings. The Balaban J connectivity index is 3.11. The van der Waals surface area contributed by atoms with Crippen LogP contribution in [-0.2, 0) is 0 Å². The summed E-state index contributed by atoms with van der Waals surface area (Å²) in [4.78, 5) is 0. The lowest BCUT2D eigenvalue weighted by molar-refractivity contribution is 1.65. The van der Waals surface area contributed by atoms with E-state index >= 15 is 0 Å². The molecule has 0 N–H and O–H groups in total. The van der Waals surface area contributed by atoms with Gasteiger partial charge in [0.1, 0.15) is 0 Å². The monoisotopic (exact) mass is 262 g/mol. The second kappa shape index (κ2) is 3.85. The van der Waals surface area contributed by atoms with Crippen LogP contribution in [0.1, 0.15) is 5.56 Å². The second-order valence-electron chi connectivity index (χ2n) is 1.70. The molecule has 0 spiro atoms. The third-order valence-electron chi connectivity index (χ3n) is 1.06. The van der Waals surface area contributed by atoms with E-state index in [0.29, 0.717) is 5.02 Å². The first-order valence-corrected chi connectivity index (χ1v) is 4.16. The number of halogens is 2. The third kappa shape index (κ3) is 1.89. The molecule has 0 radical (unpaired) electrons. The van der Waals surface area contributed by atoms with Crippen molar-refractivity contribution in [3.63, 3.8) is 0 Å². The summed E-state index contributed by atoms with van der Waals surface area (Å²) in [5.74, 6) is 2.88. The fourth-order valence-corrected chi connectivity index (χ4v) is 1.09. The number of hydrogen-bond acceptors (Lipinski definition) is 0. The molecule has 1 rings (SSSR count). The maximum absolute atomic E-state index is 5.80. The van der Waals surface area contributed by atoms with Crippen molar-refractivity contribution in [2.24, 2.45) is 0 Å². The highest BCUT2D eigenvalue weighted by atomic mass is 127. The minimum atomic E-state index is 0.715. The zero-order chi connectivity index (χ0) is 7.40. The molecule has 1 aromatic rings. The molecule has 0 bridgehead atoms. The third-order valence-corrected chi connectivity index (χ3v) is 1.66. The summed E-state index contributed by atoms with van der Waals surface area (Å²) < 4.78 is 2.76. The first kappa shape index (κ1) is 7.90. The molecule has 0 atom stereocenters. The molecule has 2 heteroatoms. The van der Waals surface area contributed by atoms with Crippen molar-refractivity contribution < 1.29 is 0 Å². The van der Waals surface area contributed by atoms with Crippen molar-refractivity contribution in [1.29, 1.82) is 0 Å². The molecule has 50 valence electrons. The standard InChI is InChI=1S/C8H4ClI/c9-8-4-2-1-3-7(8)5-6-10/h1-4H. The van der Waals surface area contributed by atoms with E-state index in [0.717, 1.165) is 5.56 Å². The van der Waals surface area contributed by atoms with E-state index in [1.807, 2.05) is 46.9 Å². The lowest BCUT2D eigenvalue weighted by atomic mass is 10.2. The summed E-state index contributed by atoms with van der Waals surface area (Å²) in [7, 11) is 0. The zero-order valence-corrected chi connectivity index (χ0v) is 7.98. The van der Waals surface area contributed by atoms with Crippen LogP contribution in [0.4, 0.5) is 0 Å². The minimum absolute atomic E-state index is 0.715. The predicted molar refractivity (Wildman–Crippen MR) is 52.4 cm³/mol. The maximum Gasteiger partial charge on any atom is 0.0562 e. The van der Waals surface area contributed by atoms with Gasteiger partial charge in [-0.3, -0.25) is 0 Å². The first-order valence-electron chi connectivity index (χ1n) is 2.71. The molecular formula is C8H4ClI. The molecule has 0 aliphatic heterocycles. The van der Waals surface area contributed by atoms with Crippen molar-refractivity contribution in [3.05, 3.63) is 34.9 Å². The molecule has 0 unspecified atom stereocenters. The van der Waals surface area contributed by atoms with Gasteiger partial charge in [-0.2, -0.15) is 0 Å². The van der Waals surface area contributed by atoms with E-state index < -0.39 is 0 Å². The van der Waals surface area contributed by atoms with Gasteiger partial charge in [-0.05, 0) is 16.1 Å².